The predicted octanol–water partition coefficient (Wildman–Crippen LogP) is 1.50. The predicted molar refractivity (Wildman–Crippen MR) is 81.7 cm³/mol. The smallest absolute Gasteiger partial charge is 0.239 e. The van der Waals surface area contributed by atoms with Crippen LogP contribution in [0, 0.1) is 0 Å². The van der Waals surface area contributed by atoms with Crippen LogP contribution < -0.4 is 16.0 Å². The zero-order valence-electron chi connectivity index (χ0n) is 12.1. The Kier molecular flexibility index (Phi) is 4.12. The van der Waals surface area contributed by atoms with Crippen molar-refractivity contribution >= 4 is 28.6 Å². The second-order valence-corrected chi connectivity index (χ2v) is 5.07. The van der Waals surface area contributed by atoms with E-state index < -0.39 is 0 Å². The highest BCUT2D eigenvalue weighted by Gasteiger charge is 2.14. The molecule has 0 atom stereocenters. The maximum atomic E-state index is 11.9. The summed E-state index contributed by atoms with van der Waals surface area (Å²) in [6.45, 7) is 6.85. The number of nitrogen functional groups attached to an aromatic ring is 1. The Bertz CT molecular complexity index is 605. The molecule has 0 bridgehead atoms. The fourth-order valence-electron chi connectivity index (χ4n) is 2.04. The van der Waals surface area contributed by atoms with Crippen molar-refractivity contribution in [3.05, 3.63) is 18.2 Å². The highest BCUT2D eigenvalue weighted by atomic mass is 16.2. The normalized spacial score (nSPS) is 11.0. The molecule has 2 aromatic rings. The van der Waals surface area contributed by atoms with Gasteiger partial charge in [0.05, 0.1) is 17.6 Å². The number of likely N-dealkylation sites (N-methyl/N-ethyl adjacent to an activating group) is 1. The Morgan fingerprint density at radius 2 is 2.25 bits per heavy atom. The van der Waals surface area contributed by atoms with Gasteiger partial charge in [-0.15, -0.1) is 0 Å². The van der Waals surface area contributed by atoms with Crippen LogP contribution in [0.5, 0.6) is 0 Å². The highest BCUT2D eigenvalue weighted by Crippen LogP contribution is 2.19. The third-order valence-electron chi connectivity index (χ3n) is 2.96. The van der Waals surface area contributed by atoms with Crippen LogP contribution in [0.2, 0.25) is 0 Å². The van der Waals surface area contributed by atoms with Crippen LogP contribution in [0.4, 0.5) is 11.6 Å². The van der Waals surface area contributed by atoms with Gasteiger partial charge in [-0.2, -0.15) is 0 Å². The molecule has 108 valence electrons. The standard InChI is InChI=1S/C14H21N5O/c1-4-19(8-13(20)16-9(2)3)14-17-11-6-5-10(15)7-12(11)18-14/h5-7,9H,4,8,15H2,1-3H3,(H,16,20)(H,17,18). The molecule has 4 N–H and O–H groups in total. The molecule has 0 spiro atoms. The molecule has 0 unspecified atom stereocenters. The number of rotatable bonds is 5. The molecule has 0 aliphatic heterocycles. The molecular formula is C14H21N5O. The van der Waals surface area contributed by atoms with Crippen molar-refractivity contribution in [1.82, 2.24) is 15.3 Å². The lowest BCUT2D eigenvalue weighted by atomic mass is 10.3. The molecule has 0 fully saturated rings. The maximum absolute atomic E-state index is 11.9. The molecule has 0 radical (unpaired) electrons. The maximum Gasteiger partial charge on any atom is 0.239 e. The Labute approximate surface area is 118 Å². The van der Waals surface area contributed by atoms with Crippen molar-refractivity contribution < 1.29 is 4.79 Å². The Morgan fingerprint density at radius 1 is 1.50 bits per heavy atom. The van der Waals surface area contributed by atoms with E-state index in [2.05, 4.69) is 15.3 Å². The van der Waals surface area contributed by atoms with Gasteiger partial charge in [-0.1, -0.05) is 0 Å². The molecule has 1 aromatic carbocycles. The molecule has 0 saturated heterocycles. The lowest BCUT2D eigenvalue weighted by Crippen LogP contribution is -2.40. The number of imidazole rings is 1. The number of nitrogens with one attached hydrogen (secondary N) is 2. The molecule has 2 rings (SSSR count). The van der Waals surface area contributed by atoms with E-state index in [4.69, 9.17) is 5.73 Å². The van der Waals surface area contributed by atoms with Crippen molar-refractivity contribution in [3.8, 4) is 0 Å². The summed E-state index contributed by atoms with van der Waals surface area (Å²) in [6.07, 6.45) is 0. The SMILES string of the molecule is CCN(CC(=O)NC(C)C)c1nc2ccc(N)cc2[nH]1. The summed E-state index contributed by atoms with van der Waals surface area (Å²) in [5.41, 5.74) is 8.16. The minimum atomic E-state index is -0.0122. The van der Waals surface area contributed by atoms with E-state index >= 15 is 0 Å². The molecule has 20 heavy (non-hydrogen) atoms. The van der Waals surface area contributed by atoms with Gasteiger partial charge < -0.3 is 20.9 Å². The zero-order chi connectivity index (χ0) is 14.7. The Hall–Kier alpha value is -2.24. The van der Waals surface area contributed by atoms with E-state index in [0.717, 1.165) is 11.0 Å². The fourth-order valence-corrected chi connectivity index (χ4v) is 2.04. The molecule has 0 aliphatic rings. The van der Waals surface area contributed by atoms with Gasteiger partial charge in [0.2, 0.25) is 11.9 Å². The van der Waals surface area contributed by atoms with Gasteiger partial charge in [0.25, 0.3) is 0 Å². The van der Waals surface area contributed by atoms with Crippen molar-refractivity contribution in [2.45, 2.75) is 26.8 Å². The quantitative estimate of drug-likeness (QED) is 0.722. The van der Waals surface area contributed by atoms with Crippen LogP contribution in [-0.4, -0.2) is 35.0 Å². The first-order valence-electron chi connectivity index (χ1n) is 6.79. The van der Waals surface area contributed by atoms with Crippen LogP contribution >= 0.6 is 0 Å². The first-order valence-corrected chi connectivity index (χ1v) is 6.79. The van der Waals surface area contributed by atoms with Crippen molar-refractivity contribution in [1.29, 1.82) is 0 Å². The van der Waals surface area contributed by atoms with Crippen LogP contribution in [0.25, 0.3) is 11.0 Å². The number of amides is 1. The molecule has 1 heterocycles. The lowest BCUT2D eigenvalue weighted by Gasteiger charge is -2.20. The number of benzene rings is 1. The van der Waals surface area contributed by atoms with Gasteiger partial charge in [-0.25, -0.2) is 4.98 Å². The third-order valence-corrected chi connectivity index (χ3v) is 2.96. The number of aromatic amines is 1. The fraction of sp³-hybridized carbons (Fsp3) is 0.429. The number of aromatic nitrogens is 2. The van der Waals surface area contributed by atoms with Gasteiger partial charge in [-0.3, -0.25) is 4.79 Å². The van der Waals surface area contributed by atoms with Gasteiger partial charge in [0, 0.05) is 18.3 Å². The zero-order valence-corrected chi connectivity index (χ0v) is 12.1. The number of anilines is 2. The third kappa shape index (κ3) is 3.20. The number of nitrogens with two attached hydrogens (primary N) is 1. The minimum Gasteiger partial charge on any atom is -0.399 e. The van der Waals surface area contributed by atoms with E-state index in [9.17, 15) is 4.79 Å². The first kappa shape index (κ1) is 14.2. The largest absolute Gasteiger partial charge is 0.399 e. The first-order chi connectivity index (χ1) is 9.49. The molecule has 0 aliphatic carbocycles. The summed E-state index contributed by atoms with van der Waals surface area (Å²) in [5.74, 6) is 0.675. The van der Waals surface area contributed by atoms with E-state index in [-0.39, 0.29) is 18.5 Å². The molecular weight excluding hydrogens is 254 g/mol. The van der Waals surface area contributed by atoms with Crippen LogP contribution in [0.15, 0.2) is 18.2 Å². The number of carbonyl (C=O) groups is 1. The van der Waals surface area contributed by atoms with E-state index in [1.165, 1.54) is 0 Å². The number of H-pyrrole nitrogens is 1. The average molecular weight is 275 g/mol. The molecule has 6 heteroatoms. The minimum absolute atomic E-state index is 0.0122. The Balaban J connectivity index is 2.18. The summed E-state index contributed by atoms with van der Waals surface area (Å²) in [7, 11) is 0. The van der Waals surface area contributed by atoms with Gasteiger partial charge >= 0.3 is 0 Å². The molecule has 1 amide bonds. The van der Waals surface area contributed by atoms with Crippen LogP contribution in [-0.2, 0) is 4.79 Å². The van der Waals surface area contributed by atoms with Crippen LogP contribution in [0.1, 0.15) is 20.8 Å². The lowest BCUT2D eigenvalue weighted by molar-refractivity contribution is -0.120. The topological polar surface area (TPSA) is 87.0 Å². The Morgan fingerprint density at radius 3 is 2.90 bits per heavy atom. The van der Waals surface area contributed by atoms with Gasteiger partial charge in [0.1, 0.15) is 0 Å². The number of nitrogens with zero attached hydrogens (tertiary/aromatic N) is 2. The summed E-state index contributed by atoms with van der Waals surface area (Å²) < 4.78 is 0. The van der Waals surface area contributed by atoms with E-state index in [0.29, 0.717) is 18.2 Å². The monoisotopic (exact) mass is 275 g/mol. The van der Waals surface area contributed by atoms with E-state index in [1.54, 1.807) is 0 Å². The van der Waals surface area contributed by atoms with Crippen LogP contribution in [0.3, 0.4) is 0 Å². The number of carbonyl (C=O) groups excluding carboxylic acids is 1. The highest BCUT2D eigenvalue weighted by molar-refractivity contribution is 5.83. The van der Waals surface area contributed by atoms with Crippen molar-refractivity contribution in [3.63, 3.8) is 0 Å². The average Bonchev–Trinajstić information content (AvgIpc) is 2.77. The number of fused-ring (bicyclic) bond motifs is 1. The summed E-state index contributed by atoms with van der Waals surface area (Å²) in [5, 5.41) is 2.88. The van der Waals surface area contributed by atoms with Gasteiger partial charge in [-0.05, 0) is 39.0 Å². The van der Waals surface area contributed by atoms with Crippen molar-refractivity contribution in [2.24, 2.45) is 0 Å². The summed E-state index contributed by atoms with van der Waals surface area (Å²) in [6, 6.07) is 5.66. The number of hydrogen-bond acceptors (Lipinski definition) is 4. The second-order valence-electron chi connectivity index (χ2n) is 5.07. The second kappa shape index (κ2) is 5.81. The number of hydrogen-bond donors (Lipinski definition) is 3. The summed E-state index contributed by atoms with van der Waals surface area (Å²) >= 11 is 0. The molecule has 0 saturated carbocycles. The molecule has 6 nitrogen and oxygen atoms in total. The molecule has 1 aromatic heterocycles. The van der Waals surface area contributed by atoms with Crippen molar-refractivity contribution in [2.75, 3.05) is 23.7 Å². The summed E-state index contributed by atoms with van der Waals surface area (Å²) in [4.78, 5) is 21.4. The van der Waals surface area contributed by atoms with Gasteiger partial charge in [0.15, 0.2) is 0 Å². The van der Waals surface area contributed by atoms with E-state index in [1.807, 2.05) is 43.9 Å².